The molecule has 1 rings (SSSR count). The lowest BCUT2D eigenvalue weighted by atomic mass is 10.0. The van der Waals surface area contributed by atoms with Crippen molar-refractivity contribution in [2.75, 3.05) is 20.6 Å². The number of carbonyl (C=O) groups is 1. The van der Waals surface area contributed by atoms with Gasteiger partial charge in [-0.3, -0.25) is 4.79 Å². The summed E-state index contributed by atoms with van der Waals surface area (Å²) >= 11 is 0. The van der Waals surface area contributed by atoms with Crippen molar-refractivity contribution in [1.82, 2.24) is 10.2 Å². The molecule has 1 amide bonds. The van der Waals surface area contributed by atoms with Gasteiger partial charge in [-0.2, -0.15) is 13.2 Å². The number of halogens is 3. The van der Waals surface area contributed by atoms with Crippen LogP contribution in [0.5, 0.6) is 0 Å². The van der Waals surface area contributed by atoms with E-state index in [1.54, 1.807) is 27.1 Å². The van der Waals surface area contributed by atoms with Gasteiger partial charge in [0.2, 0.25) is 5.91 Å². The molecule has 0 aliphatic carbocycles. The van der Waals surface area contributed by atoms with Crippen LogP contribution in [0.3, 0.4) is 0 Å². The maximum atomic E-state index is 12.6. The number of carbonyl (C=O) groups excluding carboxylic acids is 1. The smallest absolute Gasteiger partial charge is 0.348 e. The van der Waals surface area contributed by atoms with Crippen molar-refractivity contribution >= 4 is 5.91 Å². The lowest BCUT2D eigenvalue weighted by Crippen LogP contribution is -2.34. The highest BCUT2D eigenvalue weighted by atomic mass is 19.4. The molecule has 1 unspecified atom stereocenters. The van der Waals surface area contributed by atoms with Gasteiger partial charge in [-0.05, 0) is 24.6 Å². The van der Waals surface area contributed by atoms with Gasteiger partial charge >= 0.3 is 6.18 Å². The summed E-state index contributed by atoms with van der Waals surface area (Å²) in [5.41, 5.74) is -0.182. The maximum Gasteiger partial charge on any atom is 0.416 e. The van der Waals surface area contributed by atoms with Gasteiger partial charge in [0.25, 0.3) is 0 Å². The van der Waals surface area contributed by atoms with Crippen molar-refractivity contribution in [3.63, 3.8) is 0 Å². The van der Waals surface area contributed by atoms with E-state index in [2.05, 4.69) is 5.32 Å². The molecule has 0 aliphatic rings. The van der Waals surface area contributed by atoms with Crippen molar-refractivity contribution in [1.29, 1.82) is 0 Å². The first kappa shape index (κ1) is 15.5. The van der Waals surface area contributed by atoms with Gasteiger partial charge in [-0.15, -0.1) is 0 Å². The largest absolute Gasteiger partial charge is 0.416 e. The van der Waals surface area contributed by atoms with Gasteiger partial charge in [-0.25, -0.2) is 0 Å². The molecule has 0 aliphatic heterocycles. The van der Waals surface area contributed by atoms with Crippen molar-refractivity contribution < 1.29 is 18.0 Å². The van der Waals surface area contributed by atoms with Crippen LogP contribution in [0.4, 0.5) is 13.2 Å². The molecule has 19 heavy (non-hydrogen) atoms. The summed E-state index contributed by atoms with van der Waals surface area (Å²) in [6.45, 7) is 1.81. The van der Waals surface area contributed by atoms with Gasteiger partial charge in [0.05, 0.1) is 12.1 Å². The van der Waals surface area contributed by atoms with Gasteiger partial charge in [0.1, 0.15) is 0 Å². The number of nitrogens with zero attached hydrogens (tertiary/aromatic N) is 1. The standard InChI is InChI=1S/C13H17F3N2O/c1-9(17-8-12(19)18(2)3)10-5-4-6-11(7-10)13(14,15)16/h4-7,9,17H,8H2,1-3H3. The second kappa shape index (κ2) is 6.06. The van der Waals surface area contributed by atoms with Crippen LogP contribution >= 0.6 is 0 Å². The van der Waals surface area contributed by atoms with E-state index in [-0.39, 0.29) is 18.5 Å². The molecule has 0 radical (unpaired) electrons. The SMILES string of the molecule is CC(NCC(=O)N(C)C)c1cccc(C(F)(F)F)c1. The first-order valence-electron chi connectivity index (χ1n) is 5.82. The Balaban J connectivity index is 2.72. The Labute approximate surface area is 110 Å². The van der Waals surface area contributed by atoms with Crippen LogP contribution in [0.15, 0.2) is 24.3 Å². The molecule has 0 spiro atoms. The zero-order chi connectivity index (χ0) is 14.6. The molecule has 0 bridgehead atoms. The number of benzene rings is 1. The molecule has 0 saturated carbocycles. The van der Waals surface area contributed by atoms with Crippen molar-refractivity contribution in [2.45, 2.75) is 19.1 Å². The number of amides is 1. The van der Waals surface area contributed by atoms with Crippen molar-refractivity contribution in [3.8, 4) is 0 Å². The molecule has 0 heterocycles. The second-order valence-electron chi connectivity index (χ2n) is 4.51. The zero-order valence-electron chi connectivity index (χ0n) is 11.1. The normalized spacial score (nSPS) is 13.2. The van der Waals surface area contributed by atoms with Crippen LogP contribution in [0.2, 0.25) is 0 Å². The summed E-state index contributed by atoms with van der Waals surface area (Å²) in [7, 11) is 3.25. The van der Waals surface area contributed by atoms with Crippen LogP contribution in [-0.4, -0.2) is 31.4 Å². The Hall–Kier alpha value is -1.56. The first-order chi connectivity index (χ1) is 8.71. The molecule has 6 heteroatoms. The summed E-state index contributed by atoms with van der Waals surface area (Å²) in [6.07, 6.45) is -4.35. The van der Waals surface area contributed by atoms with E-state index in [9.17, 15) is 18.0 Å². The van der Waals surface area contributed by atoms with Crippen LogP contribution in [0.1, 0.15) is 24.1 Å². The number of rotatable bonds is 4. The fraction of sp³-hybridized carbons (Fsp3) is 0.462. The number of nitrogens with one attached hydrogen (secondary N) is 1. The highest BCUT2D eigenvalue weighted by Crippen LogP contribution is 2.30. The van der Waals surface area contributed by atoms with Crippen molar-refractivity contribution in [3.05, 3.63) is 35.4 Å². The predicted molar refractivity (Wildman–Crippen MR) is 66.6 cm³/mol. The van der Waals surface area contributed by atoms with E-state index in [0.29, 0.717) is 5.56 Å². The van der Waals surface area contributed by atoms with Crippen LogP contribution in [0, 0.1) is 0 Å². The molecular formula is C13H17F3N2O. The molecule has 0 aromatic heterocycles. The van der Waals surface area contributed by atoms with Gasteiger partial charge < -0.3 is 10.2 Å². The summed E-state index contributed by atoms with van der Waals surface area (Å²) in [5.74, 6) is -0.126. The summed E-state index contributed by atoms with van der Waals surface area (Å²) in [5, 5.41) is 2.90. The number of alkyl halides is 3. The second-order valence-corrected chi connectivity index (χ2v) is 4.51. The average molecular weight is 274 g/mol. The van der Waals surface area contributed by atoms with E-state index in [0.717, 1.165) is 12.1 Å². The van der Waals surface area contributed by atoms with Crippen LogP contribution < -0.4 is 5.32 Å². The molecule has 1 N–H and O–H groups in total. The van der Waals surface area contributed by atoms with Gasteiger partial charge in [-0.1, -0.05) is 12.1 Å². The Morgan fingerprint density at radius 2 is 2.00 bits per heavy atom. The monoisotopic (exact) mass is 274 g/mol. The van der Waals surface area contributed by atoms with E-state index < -0.39 is 11.7 Å². The third kappa shape index (κ3) is 4.55. The summed E-state index contributed by atoms with van der Waals surface area (Å²) < 4.78 is 37.7. The van der Waals surface area contributed by atoms with E-state index in [1.165, 1.54) is 11.0 Å². The minimum Gasteiger partial charge on any atom is -0.348 e. The fourth-order valence-corrected chi connectivity index (χ4v) is 1.50. The molecular weight excluding hydrogens is 257 g/mol. The first-order valence-corrected chi connectivity index (χ1v) is 5.82. The minimum absolute atomic E-state index is 0.0877. The Morgan fingerprint density at radius 1 is 1.37 bits per heavy atom. The molecule has 1 aromatic rings. The van der Waals surface area contributed by atoms with E-state index >= 15 is 0 Å². The molecule has 106 valence electrons. The molecule has 0 fully saturated rings. The van der Waals surface area contributed by atoms with E-state index in [4.69, 9.17) is 0 Å². The van der Waals surface area contributed by atoms with Crippen LogP contribution in [0.25, 0.3) is 0 Å². The molecule has 1 aromatic carbocycles. The third-order valence-corrected chi connectivity index (χ3v) is 2.77. The third-order valence-electron chi connectivity index (χ3n) is 2.77. The van der Waals surface area contributed by atoms with Crippen molar-refractivity contribution in [2.24, 2.45) is 0 Å². The molecule has 3 nitrogen and oxygen atoms in total. The Morgan fingerprint density at radius 3 is 2.53 bits per heavy atom. The van der Waals surface area contributed by atoms with Crippen LogP contribution in [-0.2, 0) is 11.0 Å². The maximum absolute atomic E-state index is 12.6. The number of likely N-dealkylation sites (N-methyl/N-ethyl adjacent to an activating group) is 1. The lowest BCUT2D eigenvalue weighted by molar-refractivity contribution is -0.137. The summed E-state index contributed by atoms with van der Waals surface area (Å²) in [4.78, 5) is 12.8. The summed E-state index contributed by atoms with van der Waals surface area (Å²) in [6, 6.07) is 4.77. The zero-order valence-corrected chi connectivity index (χ0v) is 11.1. The average Bonchev–Trinajstić information content (AvgIpc) is 2.34. The predicted octanol–water partition coefficient (Wildman–Crippen LogP) is 2.44. The molecule has 0 saturated heterocycles. The highest BCUT2D eigenvalue weighted by Gasteiger charge is 2.30. The lowest BCUT2D eigenvalue weighted by Gasteiger charge is -2.17. The minimum atomic E-state index is -4.35. The van der Waals surface area contributed by atoms with E-state index in [1.807, 2.05) is 0 Å². The quantitative estimate of drug-likeness (QED) is 0.914. The molecule has 1 atom stereocenters. The Bertz CT molecular complexity index is 444. The highest BCUT2D eigenvalue weighted by molar-refractivity contribution is 5.77. The fourth-order valence-electron chi connectivity index (χ4n) is 1.50. The van der Waals surface area contributed by atoms with Gasteiger partial charge in [0.15, 0.2) is 0 Å². The number of hydrogen-bond acceptors (Lipinski definition) is 2. The van der Waals surface area contributed by atoms with Gasteiger partial charge in [0, 0.05) is 20.1 Å². The Kier molecular flexibility index (Phi) is 4.94. The number of hydrogen-bond donors (Lipinski definition) is 1. The topological polar surface area (TPSA) is 32.3 Å².